The Balaban J connectivity index is 4.26. The maximum absolute atomic E-state index is 11.5. The predicted molar refractivity (Wildman–Crippen MR) is 35.4 cm³/mol. The van der Waals surface area contributed by atoms with Gasteiger partial charge in [0.05, 0.1) is 6.42 Å². The Morgan fingerprint density at radius 3 is 2.07 bits per heavy atom. The number of carbonyl (C=O) groups excluding carboxylic acids is 2. The van der Waals surface area contributed by atoms with Crippen LogP contribution in [0.3, 0.4) is 0 Å². The van der Waals surface area contributed by atoms with E-state index < -0.39 is 36.6 Å². The second-order valence-electron chi connectivity index (χ2n) is 2.32. The van der Waals surface area contributed by atoms with Crippen molar-refractivity contribution in [3.8, 4) is 0 Å². The van der Waals surface area contributed by atoms with Crippen LogP contribution in [0.5, 0.6) is 0 Å². The quantitative estimate of drug-likeness (QED) is 0.498. The molecule has 0 aliphatic rings. The first-order valence-corrected chi connectivity index (χ1v) is 3.37. The Bertz CT molecular complexity index is 283. The highest BCUT2D eigenvalue weighted by molar-refractivity contribution is 5.91. The number of carboxylic acids is 1. The van der Waals surface area contributed by atoms with E-state index in [2.05, 4.69) is 4.74 Å². The molecule has 0 aromatic rings. The number of hydrogen-bond donors (Lipinski definition) is 2. The molecule has 0 bridgehead atoms. The van der Waals surface area contributed by atoms with Crippen molar-refractivity contribution in [2.24, 2.45) is 0 Å². The topological polar surface area (TPSA) is 101 Å². The second kappa shape index (κ2) is 4.73. The van der Waals surface area contributed by atoms with Crippen molar-refractivity contribution in [1.29, 1.82) is 0 Å². The van der Waals surface area contributed by atoms with E-state index in [4.69, 9.17) is 10.2 Å². The first kappa shape index (κ1) is 13.4. The van der Waals surface area contributed by atoms with Crippen molar-refractivity contribution in [3.63, 3.8) is 0 Å². The van der Waals surface area contributed by atoms with Crippen LogP contribution in [0.1, 0.15) is 6.42 Å². The number of esters is 2. The molecule has 0 amide bonds. The van der Waals surface area contributed by atoms with Crippen LogP contribution in [0, 0.1) is 0 Å². The number of halogens is 3. The Morgan fingerprint density at radius 1 is 1.27 bits per heavy atom. The fraction of sp³-hybridized carbons (Fsp3) is 0.500. The average Bonchev–Trinajstić information content (AvgIpc) is 2.00. The molecule has 15 heavy (non-hydrogen) atoms. The normalized spacial score (nSPS) is 13.1. The highest BCUT2D eigenvalue weighted by atomic mass is 19.4. The number of carbonyl (C=O) groups is 3. The maximum atomic E-state index is 11.5. The van der Waals surface area contributed by atoms with Gasteiger partial charge in [-0.3, -0.25) is 4.79 Å². The molecule has 0 radical (unpaired) electrons. The molecule has 1 unspecified atom stereocenters. The van der Waals surface area contributed by atoms with Crippen LogP contribution in [0.2, 0.25) is 0 Å². The van der Waals surface area contributed by atoms with Crippen molar-refractivity contribution in [1.82, 2.24) is 0 Å². The maximum Gasteiger partial charge on any atom is 0.491 e. The van der Waals surface area contributed by atoms with Gasteiger partial charge in [0.25, 0.3) is 0 Å². The van der Waals surface area contributed by atoms with Gasteiger partial charge >= 0.3 is 24.1 Å². The molecule has 0 saturated carbocycles. The molecule has 0 aliphatic heterocycles. The molecule has 1 atom stereocenters. The van der Waals surface area contributed by atoms with Gasteiger partial charge in [0, 0.05) is 0 Å². The highest BCUT2D eigenvalue weighted by Gasteiger charge is 2.43. The summed E-state index contributed by atoms with van der Waals surface area (Å²) in [6, 6.07) is 0. The van der Waals surface area contributed by atoms with Crippen LogP contribution < -0.4 is 0 Å². The molecule has 86 valence electrons. The minimum atomic E-state index is -5.38. The Labute approximate surface area is 80.2 Å². The number of ether oxygens (including phenoxy) is 1. The van der Waals surface area contributed by atoms with E-state index in [1.165, 1.54) is 0 Å². The molecule has 0 spiro atoms. The lowest BCUT2D eigenvalue weighted by Gasteiger charge is -2.08. The zero-order chi connectivity index (χ0) is 12.2. The first-order chi connectivity index (χ1) is 6.64. The van der Waals surface area contributed by atoms with Gasteiger partial charge in [0.15, 0.2) is 6.10 Å². The van der Waals surface area contributed by atoms with Gasteiger partial charge in [-0.1, -0.05) is 0 Å². The standard InChI is InChI=1S/C6H5F3O6/c7-6(8,9)5(14)15-4(13)2(10)1-3(11)12/h2,10H,1H2,(H,11,12). The summed E-state index contributed by atoms with van der Waals surface area (Å²) >= 11 is 0. The van der Waals surface area contributed by atoms with E-state index in [1.54, 1.807) is 0 Å². The molecule has 0 heterocycles. The summed E-state index contributed by atoms with van der Waals surface area (Å²) in [6.07, 6.45) is -8.84. The molecule has 2 N–H and O–H groups in total. The molecule has 6 nitrogen and oxygen atoms in total. The molecule has 0 rings (SSSR count). The number of rotatable bonds is 3. The van der Waals surface area contributed by atoms with E-state index >= 15 is 0 Å². The fourth-order valence-corrected chi connectivity index (χ4v) is 0.466. The lowest BCUT2D eigenvalue weighted by Crippen LogP contribution is -2.34. The van der Waals surface area contributed by atoms with E-state index in [-0.39, 0.29) is 0 Å². The molecule has 0 saturated heterocycles. The summed E-state index contributed by atoms with van der Waals surface area (Å²) in [5.74, 6) is -6.39. The van der Waals surface area contributed by atoms with Crippen LogP contribution in [-0.4, -0.2) is 40.4 Å². The van der Waals surface area contributed by atoms with Gasteiger partial charge in [-0.25, -0.2) is 9.59 Å². The zero-order valence-corrected chi connectivity index (χ0v) is 6.95. The number of aliphatic carboxylic acids is 1. The third-order valence-corrected chi connectivity index (χ3v) is 1.06. The molecular formula is C6H5F3O6. The van der Waals surface area contributed by atoms with Crippen LogP contribution in [0.25, 0.3) is 0 Å². The minimum Gasteiger partial charge on any atom is -0.481 e. The monoisotopic (exact) mass is 230 g/mol. The van der Waals surface area contributed by atoms with E-state index in [1.807, 2.05) is 0 Å². The Kier molecular flexibility index (Phi) is 4.21. The number of aliphatic hydroxyl groups is 1. The Hall–Kier alpha value is -1.64. The Morgan fingerprint density at radius 2 is 1.73 bits per heavy atom. The summed E-state index contributed by atoms with van der Waals surface area (Å²) in [5, 5.41) is 16.7. The van der Waals surface area contributed by atoms with E-state index in [0.717, 1.165) is 0 Å². The number of aliphatic hydroxyl groups excluding tert-OH is 1. The molecule has 0 fully saturated rings. The summed E-state index contributed by atoms with van der Waals surface area (Å²) in [7, 11) is 0. The summed E-state index contributed by atoms with van der Waals surface area (Å²) < 4.78 is 37.7. The van der Waals surface area contributed by atoms with Crippen LogP contribution >= 0.6 is 0 Å². The van der Waals surface area contributed by atoms with E-state index in [0.29, 0.717) is 0 Å². The van der Waals surface area contributed by atoms with Crippen molar-refractivity contribution < 1.29 is 42.5 Å². The number of alkyl halides is 3. The third kappa shape index (κ3) is 4.96. The number of carboxylic acid groups (broad SMARTS) is 1. The van der Waals surface area contributed by atoms with Gasteiger partial charge in [-0.15, -0.1) is 0 Å². The van der Waals surface area contributed by atoms with Crippen LogP contribution in [0.4, 0.5) is 13.2 Å². The predicted octanol–water partition coefficient (Wildman–Crippen LogP) is -0.546. The van der Waals surface area contributed by atoms with Gasteiger partial charge in [0.2, 0.25) is 0 Å². The third-order valence-electron chi connectivity index (χ3n) is 1.06. The lowest BCUT2D eigenvalue weighted by atomic mass is 10.2. The minimum absolute atomic E-state index is 1.15. The van der Waals surface area contributed by atoms with Gasteiger partial charge in [-0.05, 0) is 0 Å². The van der Waals surface area contributed by atoms with Crippen molar-refractivity contribution in [3.05, 3.63) is 0 Å². The smallest absolute Gasteiger partial charge is 0.481 e. The van der Waals surface area contributed by atoms with Crippen molar-refractivity contribution in [2.75, 3.05) is 0 Å². The molecule has 0 aromatic carbocycles. The van der Waals surface area contributed by atoms with Gasteiger partial charge < -0.3 is 14.9 Å². The second-order valence-corrected chi connectivity index (χ2v) is 2.32. The molecule has 0 aliphatic carbocycles. The van der Waals surface area contributed by atoms with E-state index in [9.17, 15) is 27.6 Å². The van der Waals surface area contributed by atoms with Crippen LogP contribution in [0.15, 0.2) is 0 Å². The number of hydrogen-bond acceptors (Lipinski definition) is 5. The summed E-state index contributed by atoms with van der Waals surface area (Å²) in [4.78, 5) is 30.4. The van der Waals surface area contributed by atoms with Gasteiger partial charge in [0.1, 0.15) is 0 Å². The van der Waals surface area contributed by atoms with Crippen molar-refractivity contribution >= 4 is 17.9 Å². The fourth-order valence-electron chi connectivity index (χ4n) is 0.466. The SMILES string of the molecule is O=C(O)CC(O)C(=O)OC(=O)C(F)(F)F. The zero-order valence-electron chi connectivity index (χ0n) is 6.95. The van der Waals surface area contributed by atoms with Gasteiger partial charge in [-0.2, -0.15) is 13.2 Å². The van der Waals surface area contributed by atoms with Crippen LogP contribution in [-0.2, 0) is 19.1 Å². The average molecular weight is 230 g/mol. The highest BCUT2D eigenvalue weighted by Crippen LogP contribution is 2.16. The summed E-state index contributed by atoms with van der Waals surface area (Å²) in [6.45, 7) is 0. The first-order valence-electron chi connectivity index (χ1n) is 3.37. The van der Waals surface area contributed by atoms with Crippen molar-refractivity contribution in [2.45, 2.75) is 18.7 Å². The molecule has 0 aromatic heterocycles. The molecular weight excluding hydrogens is 225 g/mol. The molecule has 9 heteroatoms. The summed E-state index contributed by atoms with van der Waals surface area (Å²) in [5.41, 5.74) is 0. The largest absolute Gasteiger partial charge is 0.491 e. The lowest BCUT2D eigenvalue weighted by molar-refractivity contribution is -0.204.